The van der Waals surface area contributed by atoms with Crippen molar-refractivity contribution >= 4 is 0 Å². The second-order valence-corrected chi connectivity index (χ2v) is 18.5. The molecule has 15 nitrogen and oxygen atoms in total. The lowest BCUT2D eigenvalue weighted by molar-refractivity contribution is -0.332. The summed E-state index contributed by atoms with van der Waals surface area (Å²) in [5, 5.41) is 101. The van der Waals surface area contributed by atoms with Crippen LogP contribution in [0.3, 0.4) is 0 Å². The zero-order valence-electron chi connectivity index (χ0n) is 33.3. The summed E-state index contributed by atoms with van der Waals surface area (Å²) in [4.78, 5) is 0. The summed E-state index contributed by atoms with van der Waals surface area (Å²) in [5.74, 6) is -2.25. The van der Waals surface area contributed by atoms with Gasteiger partial charge in [0.1, 0.15) is 36.6 Å². The number of aliphatic hydroxyl groups excluding tert-OH is 8. The fourth-order valence-electron chi connectivity index (χ4n) is 12.3. The number of rotatable bonds is 11. The quantitative estimate of drug-likeness (QED) is 0.122. The van der Waals surface area contributed by atoms with E-state index in [1.54, 1.807) is 0 Å². The lowest BCUT2D eigenvalue weighted by atomic mass is 9.41. The first kappa shape index (κ1) is 43.7. The summed E-state index contributed by atoms with van der Waals surface area (Å²) in [7, 11) is 2.80. The van der Waals surface area contributed by atoms with Gasteiger partial charge in [0, 0.05) is 38.4 Å². The molecule has 318 valence electrons. The first-order valence-electron chi connectivity index (χ1n) is 20.3. The molecule has 0 spiro atoms. The first-order valence-corrected chi connectivity index (χ1v) is 20.3. The molecule has 9 N–H and O–H groups in total. The molecule has 4 aliphatic carbocycles. The fourth-order valence-corrected chi connectivity index (χ4v) is 12.3. The SMILES string of the molecule is COC1[C@@H](O)C(O[C@@H]2COC(OCC(/C=C/[C@@H](C)C3[C@@H](O)[C@@H](O)C4[C@]3(C)CCC3[C@@]5(C)CC[C@H](O)[C@H](O)C5[C@@H](O)C[C@]34O)C(C)C)[C@H](O)C2OC)OC[C@H]1O. The van der Waals surface area contributed by atoms with Crippen molar-refractivity contribution in [3.8, 4) is 0 Å². The second kappa shape index (κ2) is 16.7. The van der Waals surface area contributed by atoms with Gasteiger partial charge in [0.25, 0.3) is 0 Å². The maximum absolute atomic E-state index is 12.6. The molecule has 4 saturated carbocycles. The molecular weight excluding hydrogens is 720 g/mol. The van der Waals surface area contributed by atoms with Gasteiger partial charge in [0.15, 0.2) is 12.6 Å². The number of ether oxygens (including phenoxy) is 6. The van der Waals surface area contributed by atoms with Crippen LogP contribution in [0.15, 0.2) is 12.2 Å². The molecule has 0 aromatic rings. The Morgan fingerprint density at radius 3 is 2.00 bits per heavy atom. The van der Waals surface area contributed by atoms with E-state index in [9.17, 15) is 46.0 Å². The molecule has 0 radical (unpaired) electrons. The van der Waals surface area contributed by atoms with Gasteiger partial charge in [-0.1, -0.05) is 46.8 Å². The minimum Gasteiger partial charge on any atom is -0.393 e. The van der Waals surface area contributed by atoms with Crippen LogP contribution in [0.1, 0.15) is 66.7 Å². The van der Waals surface area contributed by atoms with Crippen molar-refractivity contribution in [1.82, 2.24) is 0 Å². The van der Waals surface area contributed by atoms with E-state index in [0.717, 1.165) is 0 Å². The van der Waals surface area contributed by atoms with Gasteiger partial charge in [-0.25, -0.2) is 0 Å². The van der Waals surface area contributed by atoms with Crippen LogP contribution in [0.2, 0.25) is 0 Å². The van der Waals surface area contributed by atoms with Crippen LogP contribution in [0, 0.1) is 52.3 Å². The summed E-state index contributed by atoms with van der Waals surface area (Å²) in [6, 6.07) is 0. The van der Waals surface area contributed by atoms with Crippen molar-refractivity contribution in [2.45, 2.75) is 152 Å². The monoisotopic (exact) mass is 788 g/mol. The van der Waals surface area contributed by atoms with Crippen LogP contribution in [-0.2, 0) is 28.4 Å². The largest absolute Gasteiger partial charge is 0.393 e. The van der Waals surface area contributed by atoms with E-state index in [1.165, 1.54) is 14.2 Å². The number of aliphatic hydroxyl groups is 9. The van der Waals surface area contributed by atoms with Crippen molar-refractivity contribution in [3.63, 3.8) is 0 Å². The van der Waals surface area contributed by atoms with Crippen molar-refractivity contribution in [3.05, 3.63) is 12.2 Å². The number of methoxy groups -OCH3 is 2. The lowest BCUT2D eigenvalue weighted by Crippen LogP contribution is -2.71. The normalized spacial score (nSPS) is 52.8. The molecule has 6 rings (SSSR count). The third kappa shape index (κ3) is 7.50. The maximum atomic E-state index is 12.6. The predicted molar refractivity (Wildman–Crippen MR) is 195 cm³/mol. The highest BCUT2D eigenvalue weighted by Crippen LogP contribution is 2.69. The molecule has 15 heteroatoms. The van der Waals surface area contributed by atoms with E-state index in [4.69, 9.17) is 28.4 Å². The topological polar surface area (TPSA) is 237 Å². The molecule has 9 unspecified atom stereocenters. The highest BCUT2D eigenvalue weighted by molar-refractivity contribution is 5.23. The van der Waals surface area contributed by atoms with Crippen molar-refractivity contribution in [1.29, 1.82) is 0 Å². The molecule has 2 heterocycles. The molecule has 0 amide bonds. The average Bonchev–Trinajstić information content (AvgIpc) is 3.33. The van der Waals surface area contributed by atoms with E-state index in [1.807, 2.05) is 32.9 Å². The Balaban J connectivity index is 1.11. The summed E-state index contributed by atoms with van der Waals surface area (Å²) in [6.45, 7) is 10.2. The van der Waals surface area contributed by atoms with Gasteiger partial charge in [-0.05, 0) is 60.2 Å². The van der Waals surface area contributed by atoms with Crippen LogP contribution in [0.5, 0.6) is 0 Å². The molecule has 2 saturated heterocycles. The van der Waals surface area contributed by atoms with E-state index in [-0.39, 0.29) is 49.9 Å². The second-order valence-electron chi connectivity index (χ2n) is 18.5. The van der Waals surface area contributed by atoms with Crippen LogP contribution in [0.4, 0.5) is 0 Å². The molecule has 0 aromatic carbocycles. The zero-order chi connectivity index (χ0) is 40.4. The third-order valence-corrected chi connectivity index (χ3v) is 15.1. The number of fused-ring (bicyclic) bond motifs is 5. The van der Waals surface area contributed by atoms with Crippen LogP contribution < -0.4 is 0 Å². The van der Waals surface area contributed by atoms with E-state index in [2.05, 4.69) is 13.8 Å². The molecular formula is C40H68O15. The van der Waals surface area contributed by atoms with Crippen molar-refractivity contribution in [2.75, 3.05) is 34.0 Å². The molecule has 6 fully saturated rings. The molecule has 2 aliphatic heterocycles. The maximum Gasteiger partial charge on any atom is 0.186 e. The summed E-state index contributed by atoms with van der Waals surface area (Å²) in [5.41, 5.74) is -2.79. The third-order valence-electron chi connectivity index (χ3n) is 15.1. The Labute approximate surface area is 324 Å². The zero-order valence-corrected chi connectivity index (χ0v) is 33.3. The summed E-state index contributed by atoms with van der Waals surface area (Å²) >= 11 is 0. The molecule has 55 heavy (non-hydrogen) atoms. The van der Waals surface area contributed by atoms with Gasteiger partial charge in [-0.15, -0.1) is 0 Å². The highest BCUT2D eigenvalue weighted by atomic mass is 16.7. The van der Waals surface area contributed by atoms with E-state index >= 15 is 0 Å². The van der Waals surface area contributed by atoms with Crippen LogP contribution in [-0.4, -0.2) is 165 Å². The van der Waals surface area contributed by atoms with Crippen molar-refractivity contribution in [2.24, 2.45) is 52.3 Å². The van der Waals surface area contributed by atoms with E-state index in [0.29, 0.717) is 25.7 Å². The van der Waals surface area contributed by atoms with Gasteiger partial charge >= 0.3 is 0 Å². The van der Waals surface area contributed by atoms with Gasteiger partial charge < -0.3 is 74.4 Å². The van der Waals surface area contributed by atoms with Gasteiger partial charge in [0.05, 0.1) is 55.9 Å². The summed E-state index contributed by atoms with van der Waals surface area (Å²) < 4.78 is 34.2. The van der Waals surface area contributed by atoms with E-state index < -0.39 is 114 Å². The van der Waals surface area contributed by atoms with Crippen LogP contribution >= 0.6 is 0 Å². The van der Waals surface area contributed by atoms with Gasteiger partial charge in [0.2, 0.25) is 0 Å². The molecule has 22 atom stereocenters. The smallest absolute Gasteiger partial charge is 0.186 e. The Bertz CT molecular complexity index is 1320. The first-order chi connectivity index (χ1) is 25.8. The fraction of sp³-hybridized carbons (Fsp3) is 0.950. The van der Waals surface area contributed by atoms with Crippen LogP contribution in [0.25, 0.3) is 0 Å². The van der Waals surface area contributed by atoms with Gasteiger partial charge in [-0.3, -0.25) is 0 Å². The van der Waals surface area contributed by atoms with Gasteiger partial charge in [-0.2, -0.15) is 0 Å². The predicted octanol–water partition coefficient (Wildman–Crippen LogP) is -0.304. The molecule has 6 aliphatic rings. The Morgan fingerprint density at radius 2 is 1.35 bits per heavy atom. The standard InChI is InChI=1S/C40H68O15/c1-18(2)20(15-52-36-32(48)34(51-7)24(17-54-36)55-37-31(47)33(50-6)23(43)16-53-37)9-8-19(3)26-29(45)30(46)35-39(26,5)13-11-25-38(4)12-10-21(41)28(44)27(38)22(42)14-40(25,35)49/h8-9,18-37,41-49H,10-17H2,1-7H3/b9-8+/t19-,20?,21+,22+,23-,24-,25?,26?,27?,28+,29-,30-,31-,32-,33?,34?,35?,36?,37?,38-,39-,40+/m1/s1. The molecule has 0 bridgehead atoms. The average molecular weight is 789 g/mol. The van der Waals surface area contributed by atoms with Crippen molar-refractivity contribution < 1.29 is 74.4 Å². The highest BCUT2D eigenvalue weighted by Gasteiger charge is 2.73. The minimum absolute atomic E-state index is 0.0273. The summed E-state index contributed by atoms with van der Waals surface area (Å²) in [6.07, 6.45) is -7.61. The Morgan fingerprint density at radius 1 is 0.709 bits per heavy atom. The number of hydrogen-bond acceptors (Lipinski definition) is 15. The number of hydrogen-bond donors (Lipinski definition) is 9. The lowest BCUT2D eigenvalue weighted by Gasteiger charge is -2.66. The Kier molecular flexibility index (Phi) is 13.2. The Hall–Kier alpha value is -0.860. The minimum atomic E-state index is -1.48. The number of allylic oxidation sites excluding steroid dienone is 1. The molecule has 0 aromatic heterocycles.